The summed E-state index contributed by atoms with van der Waals surface area (Å²) in [5.74, 6) is -0.440. The Morgan fingerprint density at radius 3 is 2.24 bits per heavy atom. The maximum atomic E-state index is 9.60. The summed E-state index contributed by atoms with van der Waals surface area (Å²) in [6.07, 6.45) is 0.765. The zero-order chi connectivity index (χ0) is 18.7. The first-order chi connectivity index (χ1) is 11.8. The monoisotopic (exact) mass is 332 g/mol. The highest BCUT2D eigenvalue weighted by Crippen LogP contribution is 2.39. The number of rotatable bonds is 3. The van der Waals surface area contributed by atoms with Gasteiger partial charge < -0.3 is 16.8 Å². The van der Waals surface area contributed by atoms with Gasteiger partial charge in [0.1, 0.15) is 0 Å². The van der Waals surface area contributed by atoms with Crippen molar-refractivity contribution in [3.63, 3.8) is 0 Å². The summed E-state index contributed by atoms with van der Waals surface area (Å²) in [5, 5.41) is 22.3. The fourth-order valence-corrected chi connectivity index (χ4v) is 3.00. The lowest BCUT2D eigenvalue weighted by Gasteiger charge is -2.27. The fraction of sp³-hybridized carbons (Fsp3) is 0.300. The Kier molecular flexibility index (Phi) is 5.20. The van der Waals surface area contributed by atoms with Gasteiger partial charge in [0.15, 0.2) is 0 Å². The smallest absolute Gasteiger partial charge is 0.0975 e. The first kappa shape index (κ1) is 18.2. The molecule has 1 aromatic carbocycles. The molecule has 2 rings (SSSR count). The minimum atomic E-state index is -0.440. The SMILES string of the molecule is CC/C(C)=C(/[NH-])c1cc(C2C(C#N)=C(C)NC(C)=C2C#N)ccc1N. The van der Waals surface area contributed by atoms with Crippen LogP contribution in [0.4, 0.5) is 5.69 Å². The molecular formula is C20H22N5-. The number of benzene rings is 1. The molecule has 1 aliphatic rings. The number of nitriles is 2. The summed E-state index contributed by atoms with van der Waals surface area (Å²) in [6, 6.07) is 9.87. The van der Waals surface area contributed by atoms with Crippen molar-refractivity contribution >= 4 is 11.4 Å². The van der Waals surface area contributed by atoms with Crippen molar-refractivity contribution in [2.45, 2.75) is 40.0 Å². The third-order valence-corrected chi connectivity index (χ3v) is 4.64. The van der Waals surface area contributed by atoms with Crippen molar-refractivity contribution < 1.29 is 0 Å². The molecule has 0 bridgehead atoms. The van der Waals surface area contributed by atoms with Crippen LogP contribution in [0.25, 0.3) is 11.4 Å². The van der Waals surface area contributed by atoms with Crippen LogP contribution in [0.3, 0.4) is 0 Å². The Morgan fingerprint density at radius 1 is 1.20 bits per heavy atom. The summed E-state index contributed by atoms with van der Waals surface area (Å²) >= 11 is 0. The van der Waals surface area contributed by atoms with Gasteiger partial charge in [0.25, 0.3) is 0 Å². The van der Waals surface area contributed by atoms with E-state index in [9.17, 15) is 10.5 Å². The molecule has 128 valence electrons. The van der Waals surface area contributed by atoms with Crippen LogP contribution in [0.5, 0.6) is 0 Å². The van der Waals surface area contributed by atoms with E-state index >= 15 is 0 Å². The molecule has 1 heterocycles. The van der Waals surface area contributed by atoms with Gasteiger partial charge in [0.2, 0.25) is 0 Å². The average molecular weight is 332 g/mol. The van der Waals surface area contributed by atoms with Crippen LogP contribution in [0, 0.1) is 22.7 Å². The molecule has 0 fully saturated rings. The summed E-state index contributed by atoms with van der Waals surface area (Å²) < 4.78 is 0. The third kappa shape index (κ3) is 3.22. The molecule has 0 saturated carbocycles. The highest BCUT2D eigenvalue weighted by atomic mass is 14.9. The molecule has 0 amide bonds. The number of hydrogen-bond donors (Lipinski definition) is 2. The lowest BCUT2D eigenvalue weighted by atomic mass is 9.81. The number of nitrogens with zero attached hydrogens (tertiary/aromatic N) is 2. The number of allylic oxidation sites excluding steroid dienone is 5. The molecule has 4 N–H and O–H groups in total. The molecule has 5 heteroatoms. The van der Waals surface area contributed by atoms with E-state index in [2.05, 4.69) is 17.5 Å². The van der Waals surface area contributed by atoms with Crippen LogP contribution < -0.4 is 11.1 Å². The van der Waals surface area contributed by atoms with Crippen LogP contribution in [0.15, 0.2) is 46.3 Å². The van der Waals surface area contributed by atoms with Crippen LogP contribution in [0.2, 0.25) is 0 Å². The van der Waals surface area contributed by atoms with Gasteiger partial charge in [-0.3, -0.25) is 0 Å². The Labute approximate surface area is 148 Å². The molecule has 0 radical (unpaired) electrons. The molecular weight excluding hydrogens is 310 g/mol. The average Bonchev–Trinajstić information content (AvgIpc) is 2.60. The van der Waals surface area contributed by atoms with Gasteiger partial charge in [-0.15, -0.1) is 5.70 Å². The molecule has 0 saturated heterocycles. The van der Waals surface area contributed by atoms with Crippen molar-refractivity contribution in [1.29, 1.82) is 10.5 Å². The standard InChI is InChI=1S/C20H22N5/c1-5-11(2)20(24)15-8-14(6-7-18(15)23)19-16(9-21)12(3)25-13(4)17(19)10-22/h6-8,19,24-25H,5,23H2,1-4H3/q-1/b20-11+. The number of nitrogens with two attached hydrogens (primary N) is 1. The summed E-state index contributed by atoms with van der Waals surface area (Å²) in [5.41, 5.74) is 20.3. The minimum absolute atomic E-state index is 0.397. The predicted octanol–water partition coefficient (Wildman–Crippen LogP) is 4.74. The molecule has 0 aliphatic carbocycles. The van der Waals surface area contributed by atoms with Crippen LogP contribution in [0.1, 0.15) is 51.2 Å². The minimum Gasteiger partial charge on any atom is -0.698 e. The number of anilines is 1. The van der Waals surface area contributed by atoms with E-state index in [1.54, 1.807) is 6.07 Å². The Morgan fingerprint density at radius 2 is 1.76 bits per heavy atom. The molecule has 1 aromatic rings. The summed E-state index contributed by atoms with van der Waals surface area (Å²) in [7, 11) is 0. The molecule has 25 heavy (non-hydrogen) atoms. The predicted molar refractivity (Wildman–Crippen MR) is 101 cm³/mol. The first-order valence-electron chi connectivity index (χ1n) is 8.15. The van der Waals surface area contributed by atoms with Crippen molar-refractivity contribution in [3.05, 3.63) is 63.2 Å². The maximum absolute atomic E-state index is 9.60. The van der Waals surface area contributed by atoms with Gasteiger partial charge in [-0.05, 0) is 50.5 Å². The summed E-state index contributed by atoms with van der Waals surface area (Å²) in [6.45, 7) is 7.57. The van der Waals surface area contributed by atoms with Crippen molar-refractivity contribution in [1.82, 2.24) is 5.32 Å². The first-order valence-corrected chi connectivity index (χ1v) is 8.15. The molecule has 0 unspecified atom stereocenters. The quantitative estimate of drug-likeness (QED) is 0.778. The van der Waals surface area contributed by atoms with E-state index < -0.39 is 5.92 Å². The number of dihydropyridines is 1. The molecule has 0 atom stereocenters. The highest BCUT2D eigenvalue weighted by molar-refractivity contribution is 5.80. The normalized spacial score (nSPS) is 16.1. The second-order valence-electron chi connectivity index (χ2n) is 6.21. The highest BCUT2D eigenvalue weighted by Gasteiger charge is 2.29. The van der Waals surface area contributed by atoms with E-state index in [-0.39, 0.29) is 0 Å². The number of hydrogen-bond acceptors (Lipinski definition) is 4. The third-order valence-electron chi connectivity index (χ3n) is 4.64. The topological polar surface area (TPSA) is 109 Å². The number of nitrogen functional groups attached to an aromatic ring is 1. The zero-order valence-corrected chi connectivity index (χ0v) is 15.0. The van der Waals surface area contributed by atoms with Gasteiger partial charge in [0.05, 0.1) is 29.2 Å². The number of nitrogens with one attached hydrogen (secondary N) is 2. The van der Waals surface area contributed by atoms with E-state index in [1.165, 1.54) is 0 Å². The van der Waals surface area contributed by atoms with Gasteiger partial charge in [-0.25, -0.2) is 0 Å². The molecule has 5 nitrogen and oxygen atoms in total. The Balaban J connectivity index is 2.70. The fourth-order valence-electron chi connectivity index (χ4n) is 3.00. The van der Waals surface area contributed by atoms with Gasteiger partial charge in [0, 0.05) is 17.1 Å². The largest absolute Gasteiger partial charge is 0.698 e. The molecule has 0 spiro atoms. The molecule has 1 aliphatic heterocycles. The van der Waals surface area contributed by atoms with Crippen LogP contribution >= 0.6 is 0 Å². The summed E-state index contributed by atoms with van der Waals surface area (Å²) in [4.78, 5) is 0. The van der Waals surface area contributed by atoms with Crippen molar-refractivity contribution in [2.75, 3.05) is 5.73 Å². The van der Waals surface area contributed by atoms with Crippen molar-refractivity contribution in [2.24, 2.45) is 0 Å². The van der Waals surface area contributed by atoms with Gasteiger partial charge >= 0.3 is 0 Å². The maximum Gasteiger partial charge on any atom is 0.0975 e. The van der Waals surface area contributed by atoms with Gasteiger partial charge in [-0.1, -0.05) is 18.6 Å². The Hall–Kier alpha value is -3.18. The zero-order valence-electron chi connectivity index (χ0n) is 15.0. The van der Waals surface area contributed by atoms with Crippen LogP contribution in [-0.4, -0.2) is 0 Å². The second-order valence-corrected chi connectivity index (χ2v) is 6.21. The lowest BCUT2D eigenvalue weighted by Crippen LogP contribution is -2.23. The second kappa shape index (κ2) is 7.15. The van der Waals surface area contributed by atoms with Crippen LogP contribution in [-0.2, 0) is 0 Å². The molecule has 0 aromatic heterocycles. The van der Waals surface area contributed by atoms with Crippen molar-refractivity contribution in [3.8, 4) is 12.1 Å². The Bertz CT molecular complexity index is 852. The van der Waals surface area contributed by atoms with E-state index in [0.717, 1.165) is 29.0 Å². The van der Waals surface area contributed by atoms with E-state index in [1.807, 2.05) is 39.8 Å². The lowest BCUT2D eigenvalue weighted by molar-refractivity contribution is 0.814. The van der Waals surface area contributed by atoms with E-state index in [0.29, 0.717) is 28.1 Å². The van der Waals surface area contributed by atoms with E-state index in [4.69, 9.17) is 11.5 Å². The van der Waals surface area contributed by atoms with Gasteiger partial charge in [-0.2, -0.15) is 10.5 Å².